The molecule has 0 bridgehead atoms. The van der Waals surface area contributed by atoms with Crippen molar-refractivity contribution in [1.29, 1.82) is 0 Å². The van der Waals surface area contributed by atoms with Gasteiger partial charge in [-0.05, 0) is 42.8 Å². The Bertz CT molecular complexity index is 918. The van der Waals surface area contributed by atoms with Crippen molar-refractivity contribution < 1.29 is 4.74 Å². The van der Waals surface area contributed by atoms with Gasteiger partial charge < -0.3 is 10.2 Å². The van der Waals surface area contributed by atoms with Gasteiger partial charge in [0.25, 0.3) is 0 Å². The third kappa shape index (κ3) is 4.29. The molecule has 0 radical (unpaired) electrons. The lowest BCUT2D eigenvalue weighted by molar-refractivity contribution is 0.242. The molecule has 0 heterocycles. The van der Waals surface area contributed by atoms with Gasteiger partial charge in [0.1, 0.15) is 5.75 Å². The van der Waals surface area contributed by atoms with Crippen LogP contribution in [0.1, 0.15) is 25.0 Å². The van der Waals surface area contributed by atoms with E-state index >= 15 is 0 Å². The van der Waals surface area contributed by atoms with Crippen LogP contribution in [0, 0.1) is 0 Å². The first-order valence-corrected chi connectivity index (χ1v) is 9.19. The van der Waals surface area contributed by atoms with Crippen LogP contribution < -0.4 is 10.2 Å². The highest BCUT2D eigenvalue weighted by atomic mass is 35.5. The van der Waals surface area contributed by atoms with Crippen LogP contribution in [0.4, 0.5) is 0 Å². The van der Waals surface area contributed by atoms with E-state index in [1.165, 1.54) is 0 Å². The molecule has 26 heavy (non-hydrogen) atoms. The summed E-state index contributed by atoms with van der Waals surface area (Å²) in [5.41, 5.74) is 4.79. The summed E-state index contributed by atoms with van der Waals surface area (Å²) < 4.78 is 5.95. The van der Waals surface area contributed by atoms with E-state index < -0.39 is 0 Å². The maximum Gasteiger partial charge on any atom is 0.129 e. The van der Waals surface area contributed by atoms with Gasteiger partial charge in [0.05, 0.1) is 18.9 Å². The molecule has 0 fully saturated rings. The molecule has 0 saturated carbocycles. The highest BCUT2D eigenvalue weighted by Gasteiger charge is 2.09. The van der Waals surface area contributed by atoms with E-state index in [9.17, 15) is 0 Å². The summed E-state index contributed by atoms with van der Waals surface area (Å²) in [5.74, 6) is 0.806. The zero-order valence-corrected chi connectivity index (χ0v) is 16.2. The minimum atomic E-state index is 0.0817. The fourth-order valence-electron chi connectivity index (χ4n) is 2.70. The van der Waals surface area contributed by atoms with Crippen LogP contribution >= 0.6 is 23.2 Å². The number of hydrogen-bond acceptors (Lipinski definition) is 3. The minimum absolute atomic E-state index is 0.0817. The predicted molar refractivity (Wildman–Crippen MR) is 111 cm³/mol. The quantitative estimate of drug-likeness (QED) is 0.412. The van der Waals surface area contributed by atoms with Gasteiger partial charge in [-0.3, -0.25) is 0 Å². The van der Waals surface area contributed by atoms with Gasteiger partial charge in [-0.1, -0.05) is 59.6 Å². The molecule has 0 unspecified atom stereocenters. The minimum Gasteiger partial charge on any atom is -0.490 e. The van der Waals surface area contributed by atoms with Gasteiger partial charge in [0.15, 0.2) is 0 Å². The summed E-state index contributed by atoms with van der Waals surface area (Å²) in [5, 5.41) is 7.83. The Kier molecular flexibility index (Phi) is 6.02. The summed E-state index contributed by atoms with van der Waals surface area (Å²) in [6, 6.07) is 17.6. The zero-order chi connectivity index (χ0) is 18.5. The van der Waals surface area contributed by atoms with Crippen LogP contribution in [0.25, 0.3) is 10.8 Å². The number of nitrogens with one attached hydrogen (secondary N) is 1. The van der Waals surface area contributed by atoms with Crippen LogP contribution in [0.3, 0.4) is 0 Å². The molecule has 0 aliphatic heterocycles. The van der Waals surface area contributed by atoms with E-state index in [1.807, 2.05) is 50.2 Å². The largest absolute Gasteiger partial charge is 0.490 e. The van der Waals surface area contributed by atoms with Crippen molar-refractivity contribution in [2.45, 2.75) is 26.5 Å². The van der Waals surface area contributed by atoms with Gasteiger partial charge >= 0.3 is 0 Å². The van der Waals surface area contributed by atoms with Crippen molar-refractivity contribution >= 4 is 40.2 Å². The Labute approximate surface area is 163 Å². The van der Waals surface area contributed by atoms with Gasteiger partial charge in [0.2, 0.25) is 0 Å². The molecule has 5 heteroatoms. The van der Waals surface area contributed by atoms with Crippen molar-refractivity contribution in [3.05, 3.63) is 75.8 Å². The number of benzene rings is 3. The maximum absolute atomic E-state index is 6.19. The van der Waals surface area contributed by atoms with Crippen molar-refractivity contribution in [1.82, 2.24) is 5.43 Å². The second-order valence-electron chi connectivity index (χ2n) is 6.16. The van der Waals surface area contributed by atoms with Crippen molar-refractivity contribution in [3.63, 3.8) is 0 Å². The molecule has 0 aliphatic carbocycles. The summed E-state index contributed by atoms with van der Waals surface area (Å²) >= 11 is 12.4. The lowest BCUT2D eigenvalue weighted by atomic mass is 10.0. The molecular weight excluding hydrogens is 367 g/mol. The van der Waals surface area contributed by atoms with Crippen LogP contribution in [0.15, 0.2) is 59.7 Å². The molecule has 0 aliphatic rings. The van der Waals surface area contributed by atoms with Crippen LogP contribution in [0.5, 0.6) is 5.75 Å². The topological polar surface area (TPSA) is 33.6 Å². The molecule has 0 spiro atoms. The summed E-state index contributed by atoms with van der Waals surface area (Å²) in [7, 11) is 0. The van der Waals surface area contributed by atoms with E-state index in [0.717, 1.165) is 27.6 Å². The molecule has 3 aromatic carbocycles. The highest BCUT2D eigenvalue weighted by molar-refractivity contribution is 6.35. The molecule has 3 aromatic rings. The Morgan fingerprint density at radius 3 is 2.46 bits per heavy atom. The smallest absolute Gasteiger partial charge is 0.129 e. The average Bonchev–Trinajstić information content (AvgIpc) is 2.61. The SMILES string of the molecule is CC(C)Oc1ccc2ccccc2c1/C=N/NCc1c(Cl)cccc1Cl. The fourth-order valence-corrected chi connectivity index (χ4v) is 3.23. The Morgan fingerprint density at radius 1 is 1.00 bits per heavy atom. The lowest BCUT2D eigenvalue weighted by Gasteiger charge is -2.14. The number of ether oxygens (including phenoxy) is 1. The first kappa shape index (κ1) is 18.6. The molecule has 3 rings (SSSR count). The van der Waals surface area contributed by atoms with E-state index in [0.29, 0.717) is 16.6 Å². The second-order valence-corrected chi connectivity index (χ2v) is 6.97. The predicted octanol–water partition coefficient (Wildman–Crippen LogP) is 6.06. The van der Waals surface area contributed by atoms with E-state index in [1.54, 1.807) is 6.21 Å². The Hall–Kier alpha value is -2.23. The molecule has 0 amide bonds. The first-order chi connectivity index (χ1) is 12.6. The van der Waals surface area contributed by atoms with Crippen LogP contribution in [0.2, 0.25) is 10.0 Å². The molecule has 134 valence electrons. The standard InChI is InChI=1S/C21H20Cl2N2O/c1-14(2)26-21-11-10-15-6-3-4-7-16(15)17(21)12-24-25-13-18-19(22)8-5-9-20(18)23/h3-12,14,25H,13H2,1-2H3/b24-12+. The van der Waals surface area contributed by atoms with Gasteiger partial charge in [-0.25, -0.2) is 0 Å². The van der Waals surface area contributed by atoms with Crippen molar-refractivity contribution in [2.75, 3.05) is 0 Å². The maximum atomic E-state index is 6.19. The lowest BCUT2D eigenvalue weighted by Crippen LogP contribution is -2.09. The summed E-state index contributed by atoms with van der Waals surface area (Å²) in [6.07, 6.45) is 1.86. The molecule has 3 nitrogen and oxygen atoms in total. The fraction of sp³-hybridized carbons (Fsp3) is 0.190. The van der Waals surface area contributed by atoms with Crippen molar-refractivity contribution in [2.24, 2.45) is 5.10 Å². The third-order valence-corrected chi connectivity index (χ3v) is 4.60. The number of nitrogens with zero attached hydrogens (tertiary/aromatic N) is 1. The average molecular weight is 387 g/mol. The second kappa shape index (κ2) is 8.43. The zero-order valence-electron chi connectivity index (χ0n) is 14.7. The first-order valence-electron chi connectivity index (χ1n) is 8.43. The number of fused-ring (bicyclic) bond motifs is 1. The summed E-state index contributed by atoms with van der Waals surface area (Å²) in [4.78, 5) is 0. The Balaban J connectivity index is 1.86. The normalized spacial score (nSPS) is 11.4. The summed E-state index contributed by atoms with van der Waals surface area (Å²) in [6.45, 7) is 4.46. The molecule has 1 N–H and O–H groups in total. The monoisotopic (exact) mass is 386 g/mol. The Morgan fingerprint density at radius 2 is 1.73 bits per heavy atom. The van der Waals surface area contributed by atoms with Crippen molar-refractivity contribution in [3.8, 4) is 5.75 Å². The number of halogens is 2. The third-order valence-electron chi connectivity index (χ3n) is 3.90. The molecule has 0 aromatic heterocycles. The van der Waals surface area contributed by atoms with E-state index in [-0.39, 0.29) is 6.10 Å². The molecule has 0 saturated heterocycles. The molecule has 0 atom stereocenters. The van der Waals surface area contributed by atoms with E-state index in [4.69, 9.17) is 27.9 Å². The van der Waals surface area contributed by atoms with Gasteiger partial charge in [-0.15, -0.1) is 0 Å². The van der Waals surface area contributed by atoms with Crippen LogP contribution in [-0.4, -0.2) is 12.3 Å². The van der Waals surface area contributed by atoms with E-state index in [2.05, 4.69) is 28.7 Å². The van der Waals surface area contributed by atoms with Gasteiger partial charge in [0, 0.05) is 21.2 Å². The van der Waals surface area contributed by atoms with Gasteiger partial charge in [-0.2, -0.15) is 5.10 Å². The number of hydrogen-bond donors (Lipinski definition) is 1. The molecular formula is C21H20Cl2N2O. The van der Waals surface area contributed by atoms with Crippen LogP contribution in [-0.2, 0) is 6.54 Å². The number of hydrazone groups is 1. The number of rotatable bonds is 6. The highest BCUT2D eigenvalue weighted by Crippen LogP contribution is 2.28.